The summed E-state index contributed by atoms with van der Waals surface area (Å²) in [7, 11) is 1.98. The van der Waals surface area contributed by atoms with E-state index in [9.17, 15) is 0 Å². The zero-order chi connectivity index (χ0) is 18.3. The summed E-state index contributed by atoms with van der Waals surface area (Å²) < 4.78 is 7.27. The van der Waals surface area contributed by atoms with Gasteiger partial charge in [-0.15, -0.1) is 0 Å². The van der Waals surface area contributed by atoms with E-state index >= 15 is 0 Å². The van der Waals surface area contributed by atoms with Gasteiger partial charge >= 0.3 is 0 Å². The zero-order valence-corrected chi connectivity index (χ0v) is 16.8. The van der Waals surface area contributed by atoms with Gasteiger partial charge in [0.2, 0.25) is 0 Å². The van der Waals surface area contributed by atoms with Crippen LogP contribution >= 0.6 is 28.1 Å². The number of furan rings is 1. The molecule has 0 bridgehead atoms. The molecular weight excluding hydrogens is 410 g/mol. The molecule has 0 unspecified atom stereocenters. The summed E-state index contributed by atoms with van der Waals surface area (Å²) in [6.45, 7) is 2.07. The number of hydrogen-bond acceptors (Lipinski definition) is 3. The molecule has 2 atom stereocenters. The Kier molecular flexibility index (Phi) is 4.54. The van der Waals surface area contributed by atoms with Gasteiger partial charge < -0.3 is 14.6 Å². The second-order valence-electron chi connectivity index (χ2n) is 6.42. The molecule has 0 saturated carbocycles. The zero-order valence-electron chi connectivity index (χ0n) is 14.4. The summed E-state index contributed by atoms with van der Waals surface area (Å²) in [5, 5.41) is 4.06. The number of aryl methyl sites for hydroxylation is 1. The van der Waals surface area contributed by atoms with Gasteiger partial charge in [-0.2, -0.15) is 0 Å². The fourth-order valence-electron chi connectivity index (χ4n) is 3.29. The number of benzene rings is 1. The largest absolute Gasteiger partial charge is 0.459 e. The van der Waals surface area contributed by atoms with Crippen LogP contribution in [0.5, 0.6) is 0 Å². The molecule has 4 rings (SSSR count). The molecule has 132 valence electrons. The molecule has 1 fully saturated rings. The summed E-state index contributed by atoms with van der Waals surface area (Å²) in [5.41, 5.74) is 3.18. The number of pyridine rings is 1. The summed E-state index contributed by atoms with van der Waals surface area (Å²) in [6.07, 6.45) is 1.80. The summed E-state index contributed by atoms with van der Waals surface area (Å²) in [5.74, 6) is 1.69. The highest BCUT2D eigenvalue weighted by Crippen LogP contribution is 2.40. The van der Waals surface area contributed by atoms with Gasteiger partial charge in [0.15, 0.2) is 5.11 Å². The molecular formula is C20H18BrN3OS. The average Bonchev–Trinajstić information content (AvgIpc) is 3.21. The maximum Gasteiger partial charge on any atom is 0.170 e. The van der Waals surface area contributed by atoms with Gasteiger partial charge in [-0.3, -0.25) is 4.98 Å². The van der Waals surface area contributed by atoms with E-state index in [-0.39, 0.29) is 12.1 Å². The molecule has 0 spiro atoms. The van der Waals surface area contributed by atoms with Crippen molar-refractivity contribution >= 4 is 33.3 Å². The first-order chi connectivity index (χ1) is 12.5. The Bertz CT molecular complexity index is 957. The number of hydrogen-bond donors (Lipinski definition) is 1. The predicted molar refractivity (Wildman–Crippen MR) is 110 cm³/mol. The van der Waals surface area contributed by atoms with Crippen LogP contribution in [-0.2, 0) is 0 Å². The third-order valence-corrected chi connectivity index (χ3v) is 5.71. The van der Waals surface area contributed by atoms with E-state index in [1.807, 2.05) is 42.3 Å². The van der Waals surface area contributed by atoms with E-state index in [1.165, 1.54) is 5.56 Å². The predicted octanol–water partition coefficient (Wildman–Crippen LogP) is 5.01. The highest BCUT2D eigenvalue weighted by Gasteiger charge is 2.39. The lowest BCUT2D eigenvalue weighted by Crippen LogP contribution is -2.24. The first kappa shape index (κ1) is 17.2. The Balaban J connectivity index is 1.72. The highest BCUT2D eigenvalue weighted by molar-refractivity contribution is 9.10. The van der Waals surface area contributed by atoms with Crippen LogP contribution in [-0.4, -0.2) is 22.0 Å². The van der Waals surface area contributed by atoms with Crippen molar-refractivity contribution in [2.45, 2.75) is 19.0 Å². The van der Waals surface area contributed by atoms with Crippen molar-refractivity contribution in [2.75, 3.05) is 7.05 Å². The molecule has 3 aromatic rings. The van der Waals surface area contributed by atoms with Gasteiger partial charge in [-0.05, 0) is 61.1 Å². The van der Waals surface area contributed by atoms with Crippen LogP contribution < -0.4 is 5.32 Å². The van der Waals surface area contributed by atoms with Crippen molar-refractivity contribution < 1.29 is 4.42 Å². The molecule has 3 heterocycles. The molecule has 1 N–H and O–H groups in total. The van der Waals surface area contributed by atoms with Gasteiger partial charge in [0.1, 0.15) is 17.6 Å². The molecule has 1 saturated heterocycles. The lowest BCUT2D eigenvalue weighted by atomic mass is 10.0. The summed E-state index contributed by atoms with van der Waals surface area (Å²) in [4.78, 5) is 6.53. The van der Waals surface area contributed by atoms with Crippen LogP contribution in [0.25, 0.3) is 11.3 Å². The molecule has 1 aromatic carbocycles. The number of aromatic nitrogens is 1. The van der Waals surface area contributed by atoms with E-state index in [0.29, 0.717) is 5.11 Å². The van der Waals surface area contributed by atoms with E-state index < -0.39 is 0 Å². The second-order valence-corrected chi connectivity index (χ2v) is 7.66. The normalized spacial score (nSPS) is 19.7. The Morgan fingerprint density at radius 2 is 2.04 bits per heavy atom. The van der Waals surface area contributed by atoms with Crippen molar-refractivity contribution in [2.24, 2.45) is 0 Å². The molecule has 2 aromatic heterocycles. The number of rotatable bonds is 3. The fraction of sp³-hybridized carbons (Fsp3) is 0.200. The molecule has 26 heavy (non-hydrogen) atoms. The third kappa shape index (κ3) is 3.04. The summed E-state index contributed by atoms with van der Waals surface area (Å²) in [6, 6.07) is 16.1. The Labute approximate surface area is 166 Å². The minimum atomic E-state index is -0.0471. The van der Waals surface area contributed by atoms with Crippen molar-refractivity contribution in [1.29, 1.82) is 0 Å². The van der Waals surface area contributed by atoms with Crippen LogP contribution in [0.4, 0.5) is 0 Å². The highest BCUT2D eigenvalue weighted by atomic mass is 79.9. The minimum absolute atomic E-state index is 0.0460. The quantitative estimate of drug-likeness (QED) is 0.594. The average molecular weight is 428 g/mol. The van der Waals surface area contributed by atoms with Gasteiger partial charge in [0.25, 0.3) is 0 Å². The van der Waals surface area contributed by atoms with Crippen molar-refractivity contribution in [3.63, 3.8) is 0 Å². The van der Waals surface area contributed by atoms with Crippen LogP contribution in [0, 0.1) is 6.92 Å². The Morgan fingerprint density at radius 1 is 1.19 bits per heavy atom. The first-order valence-electron chi connectivity index (χ1n) is 8.35. The first-order valence-corrected chi connectivity index (χ1v) is 9.55. The van der Waals surface area contributed by atoms with Crippen LogP contribution in [0.1, 0.15) is 29.1 Å². The number of thiocarbonyl (C=S) groups is 1. The summed E-state index contributed by atoms with van der Waals surface area (Å²) >= 11 is 9.10. The van der Waals surface area contributed by atoms with Crippen LogP contribution in [0.3, 0.4) is 0 Å². The Hall–Kier alpha value is -2.18. The molecule has 1 aliphatic rings. The lowest BCUT2D eigenvalue weighted by Gasteiger charge is -2.21. The fourth-order valence-corrected chi connectivity index (χ4v) is 4.22. The number of likely N-dealkylation sites (N-methyl/N-ethyl adjacent to an activating group) is 1. The van der Waals surface area contributed by atoms with Crippen molar-refractivity contribution in [1.82, 2.24) is 15.2 Å². The second kappa shape index (κ2) is 6.85. The van der Waals surface area contributed by atoms with E-state index in [4.69, 9.17) is 16.6 Å². The third-order valence-electron chi connectivity index (χ3n) is 4.65. The minimum Gasteiger partial charge on any atom is -0.459 e. The molecule has 0 radical (unpaired) electrons. The van der Waals surface area contributed by atoms with E-state index in [0.717, 1.165) is 27.3 Å². The van der Waals surface area contributed by atoms with Gasteiger partial charge in [0.05, 0.1) is 11.7 Å². The van der Waals surface area contributed by atoms with E-state index in [1.54, 1.807) is 6.20 Å². The topological polar surface area (TPSA) is 41.3 Å². The van der Waals surface area contributed by atoms with Crippen molar-refractivity contribution in [3.05, 3.63) is 76.2 Å². The van der Waals surface area contributed by atoms with Crippen LogP contribution in [0.15, 0.2) is 63.6 Å². The maximum absolute atomic E-state index is 6.25. The molecule has 0 amide bonds. The van der Waals surface area contributed by atoms with Crippen molar-refractivity contribution in [3.8, 4) is 11.3 Å². The molecule has 0 aliphatic carbocycles. The number of halogens is 1. The monoisotopic (exact) mass is 427 g/mol. The SMILES string of the molecule is Cc1ccc(-c2ccc([C@H]3[C@@H](c4ccccn4)NC(=S)N3C)o2)c(Br)c1. The maximum atomic E-state index is 6.25. The van der Waals surface area contributed by atoms with Gasteiger partial charge in [0, 0.05) is 23.3 Å². The van der Waals surface area contributed by atoms with Gasteiger partial charge in [-0.1, -0.05) is 28.1 Å². The van der Waals surface area contributed by atoms with Crippen LogP contribution in [0.2, 0.25) is 0 Å². The lowest BCUT2D eigenvalue weighted by molar-refractivity contribution is 0.310. The number of nitrogens with one attached hydrogen (secondary N) is 1. The van der Waals surface area contributed by atoms with E-state index in [2.05, 4.69) is 51.4 Å². The Morgan fingerprint density at radius 3 is 2.77 bits per heavy atom. The molecule has 4 nitrogen and oxygen atoms in total. The number of nitrogens with zero attached hydrogens (tertiary/aromatic N) is 2. The van der Waals surface area contributed by atoms with Gasteiger partial charge in [-0.25, -0.2) is 0 Å². The molecule has 6 heteroatoms. The molecule has 1 aliphatic heterocycles. The smallest absolute Gasteiger partial charge is 0.170 e. The standard InChI is InChI=1S/C20H18BrN3OS/c1-12-6-7-13(14(21)11-12)16-8-9-17(25-16)19-18(23-20(26)24(19)2)15-5-3-4-10-22-15/h3-11,18-19H,1-2H3,(H,23,26)/t18-,19+/m1/s1.